The molecular weight excluding hydrogens is 378 g/mol. The molecule has 0 unspecified atom stereocenters. The van der Waals surface area contributed by atoms with E-state index in [4.69, 9.17) is 0 Å². The SMILES string of the molecule is Cc1ccc2cc(CCNC(=O)/C=C/c3cc4ccccc4[nH]c3=O)c(=O)[nH]c2c1. The number of pyridine rings is 2. The van der Waals surface area contributed by atoms with Gasteiger partial charge in [-0.3, -0.25) is 14.4 Å². The van der Waals surface area contributed by atoms with Gasteiger partial charge in [-0.05, 0) is 60.0 Å². The van der Waals surface area contributed by atoms with Crippen LogP contribution in [-0.2, 0) is 11.2 Å². The predicted molar refractivity (Wildman–Crippen MR) is 120 cm³/mol. The number of para-hydroxylation sites is 1. The van der Waals surface area contributed by atoms with E-state index in [0.717, 1.165) is 27.4 Å². The summed E-state index contributed by atoms with van der Waals surface area (Å²) in [4.78, 5) is 42.2. The molecule has 4 aromatic rings. The molecule has 2 aromatic heterocycles. The normalized spacial score (nSPS) is 11.4. The van der Waals surface area contributed by atoms with E-state index in [-0.39, 0.29) is 17.0 Å². The Bertz CT molecular complexity index is 1400. The molecule has 0 radical (unpaired) electrons. The summed E-state index contributed by atoms with van der Waals surface area (Å²) >= 11 is 0. The van der Waals surface area contributed by atoms with Crippen molar-refractivity contribution in [2.75, 3.05) is 6.54 Å². The number of hydrogen-bond donors (Lipinski definition) is 3. The minimum atomic E-state index is -0.324. The molecule has 0 saturated heterocycles. The maximum atomic E-state index is 12.3. The smallest absolute Gasteiger partial charge is 0.255 e. The minimum absolute atomic E-state index is 0.152. The molecule has 0 fully saturated rings. The first kappa shape index (κ1) is 19.4. The molecule has 4 rings (SSSR count). The van der Waals surface area contributed by atoms with Gasteiger partial charge in [0.05, 0.1) is 0 Å². The first-order valence-electron chi connectivity index (χ1n) is 9.70. The second-order valence-corrected chi connectivity index (χ2v) is 7.23. The Morgan fingerprint density at radius 1 is 0.933 bits per heavy atom. The van der Waals surface area contributed by atoms with E-state index in [2.05, 4.69) is 15.3 Å². The molecular formula is C24H21N3O3. The van der Waals surface area contributed by atoms with Gasteiger partial charge in [0.25, 0.3) is 11.1 Å². The Labute approximate surface area is 172 Å². The number of aromatic nitrogens is 2. The van der Waals surface area contributed by atoms with Gasteiger partial charge in [0.2, 0.25) is 5.91 Å². The lowest BCUT2D eigenvalue weighted by Crippen LogP contribution is -2.26. The van der Waals surface area contributed by atoms with Gasteiger partial charge in [0.15, 0.2) is 0 Å². The Hall–Kier alpha value is -3.93. The van der Waals surface area contributed by atoms with Crippen LogP contribution in [0.1, 0.15) is 16.7 Å². The van der Waals surface area contributed by atoms with Gasteiger partial charge < -0.3 is 15.3 Å². The number of benzene rings is 2. The summed E-state index contributed by atoms with van der Waals surface area (Å²) in [5.41, 5.74) is 3.24. The summed E-state index contributed by atoms with van der Waals surface area (Å²) < 4.78 is 0. The van der Waals surface area contributed by atoms with Gasteiger partial charge in [0.1, 0.15) is 0 Å². The van der Waals surface area contributed by atoms with Crippen LogP contribution in [0.2, 0.25) is 0 Å². The summed E-state index contributed by atoms with van der Waals surface area (Å²) in [5, 5.41) is 4.60. The molecule has 6 heteroatoms. The van der Waals surface area contributed by atoms with Crippen molar-refractivity contribution in [3.05, 3.63) is 98.1 Å². The summed E-state index contributed by atoms with van der Waals surface area (Å²) in [5.74, 6) is -0.324. The lowest BCUT2D eigenvalue weighted by molar-refractivity contribution is -0.116. The maximum absolute atomic E-state index is 12.3. The zero-order valence-electron chi connectivity index (χ0n) is 16.5. The van der Waals surface area contributed by atoms with Crippen LogP contribution in [0.15, 0.2) is 70.3 Å². The molecule has 2 heterocycles. The van der Waals surface area contributed by atoms with Crippen molar-refractivity contribution in [2.45, 2.75) is 13.3 Å². The summed E-state index contributed by atoms with van der Waals surface area (Å²) in [6, 6.07) is 16.9. The number of aromatic amines is 2. The predicted octanol–water partition coefficient (Wildman–Crippen LogP) is 3.05. The van der Waals surface area contributed by atoms with E-state index >= 15 is 0 Å². The quantitative estimate of drug-likeness (QED) is 0.450. The van der Waals surface area contributed by atoms with Crippen LogP contribution in [0, 0.1) is 6.92 Å². The average Bonchev–Trinajstić information content (AvgIpc) is 2.72. The first-order chi connectivity index (χ1) is 14.5. The highest BCUT2D eigenvalue weighted by atomic mass is 16.1. The number of carbonyl (C=O) groups is 1. The molecule has 0 aliphatic heterocycles. The highest BCUT2D eigenvalue weighted by Gasteiger charge is 2.05. The van der Waals surface area contributed by atoms with Crippen molar-refractivity contribution in [3.8, 4) is 0 Å². The van der Waals surface area contributed by atoms with E-state index in [0.29, 0.717) is 24.1 Å². The number of aryl methyl sites for hydroxylation is 1. The number of amides is 1. The molecule has 0 aliphatic carbocycles. The molecule has 0 aliphatic rings. The van der Waals surface area contributed by atoms with Crippen molar-refractivity contribution in [1.82, 2.24) is 15.3 Å². The number of carbonyl (C=O) groups excluding carboxylic acids is 1. The fourth-order valence-electron chi connectivity index (χ4n) is 3.38. The van der Waals surface area contributed by atoms with E-state index in [1.807, 2.05) is 55.5 Å². The summed E-state index contributed by atoms with van der Waals surface area (Å²) in [7, 11) is 0. The topological polar surface area (TPSA) is 94.8 Å². The molecule has 2 aromatic carbocycles. The van der Waals surface area contributed by atoms with E-state index in [9.17, 15) is 14.4 Å². The van der Waals surface area contributed by atoms with Crippen LogP contribution < -0.4 is 16.4 Å². The number of H-pyrrole nitrogens is 2. The standard InChI is InChI=1S/C24H21N3O3/c1-15-6-7-17-14-19(24(30)27-21(17)12-15)10-11-25-22(28)9-8-18-13-16-4-2-3-5-20(16)26-23(18)29/h2-9,12-14H,10-11H2,1H3,(H,25,28)(H,26,29)(H,27,30)/b9-8+. The Morgan fingerprint density at radius 2 is 1.70 bits per heavy atom. The van der Waals surface area contributed by atoms with Crippen LogP contribution in [0.5, 0.6) is 0 Å². The van der Waals surface area contributed by atoms with Crippen LogP contribution >= 0.6 is 0 Å². The molecule has 0 spiro atoms. The Kier molecular flexibility index (Phi) is 5.30. The molecule has 0 bridgehead atoms. The maximum Gasteiger partial charge on any atom is 0.255 e. The summed E-state index contributed by atoms with van der Waals surface area (Å²) in [6.45, 7) is 2.29. The molecule has 6 nitrogen and oxygen atoms in total. The van der Waals surface area contributed by atoms with Gasteiger partial charge in [-0.2, -0.15) is 0 Å². The van der Waals surface area contributed by atoms with E-state index < -0.39 is 0 Å². The molecule has 3 N–H and O–H groups in total. The van der Waals surface area contributed by atoms with Crippen molar-refractivity contribution in [2.24, 2.45) is 0 Å². The Balaban J connectivity index is 1.41. The largest absolute Gasteiger partial charge is 0.352 e. The second kappa shape index (κ2) is 8.21. The number of nitrogens with one attached hydrogen (secondary N) is 3. The van der Waals surface area contributed by atoms with Crippen LogP contribution in [-0.4, -0.2) is 22.4 Å². The van der Waals surface area contributed by atoms with E-state index in [1.54, 1.807) is 6.07 Å². The zero-order chi connectivity index (χ0) is 21.1. The highest BCUT2D eigenvalue weighted by molar-refractivity contribution is 5.92. The average molecular weight is 399 g/mol. The highest BCUT2D eigenvalue weighted by Crippen LogP contribution is 2.13. The summed E-state index contributed by atoms with van der Waals surface area (Å²) in [6.07, 6.45) is 3.23. The number of hydrogen-bond acceptors (Lipinski definition) is 3. The molecule has 0 saturated carbocycles. The molecule has 0 atom stereocenters. The molecule has 1 amide bonds. The van der Waals surface area contributed by atoms with Crippen molar-refractivity contribution in [3.63, 3.8) is 0 Å². The third-order valence-corrected chi connectivity index (χ3v) is 4.97. The van der Waals surface area contributed by atoms with Crippen molar-refractivity contribution >= 4 is 33.8 Å². The first-order valence-corrected chi connectivity index (χ1v) is 9.70. The Morgan fingerprint density at radius 3 is 2.57 bits per heavy atom. The van der Waals surface area contributed by atoms with E-state index in [1.165, 1.54) is 12.2 Å². The third-order valence-electron chi connectivity index (χ3n) is 4.97. The molecule has 30 heavy (non-hydrogen) atoms. The van der Waals surface area contributed by atoms with Crippen LogP contribution in [0.25, 0.3) is 27.9 Å². The fourth-order valence-corrected chi connectivity index (χ4v) is 3.38. The fraction of sp³-hybridized carbons (Fsp3) is 0.125. The van der Waals surface area contributed by atoms with Gasteiger partial charge in [-0.1, -0.05) is 30.3 Å². The number of rotatable bonds is 5. The van der Waals surface area contributed by atoms with Crippen LogP contribution in [0.3, 0.4) is 0 Å². The third kappa shape index (κ3) is 4.22. The lowest BCUT2D eigenvalue weighted by atomic mass is 10.1. The zero-order valence-corrected chi connectivity index (χ0v) is 16.5. The van der Waals surface area contributed by atoms with Crippen molar-refractivity contribution < 1.29 is 4.79 Å². The number of fused-ring (bicyclic) bond motifs is 2. The minimum Gasteiger partial charge on any atom is -0.352 e. The second-order valence-electron chi connectivity index (χ2n) is 7.23. The van der Waals surface area contributed by atoms with Gasteiger partial charge in [-0.25, -0.2) is 0 Å². The van der Waals surface area contributed by atoms with Gasteiger partial charge in [0, 0.05) is 34.8 Å². The lowest BCUT2D eigenvalue weighted by Gasteiger charge is -2.05. The molecule has 150 valence electrons. The van der Waals surface area contributed by atoms with Gasteiger partial charge >= 0.3 is 0 Å². The van der Waals surface area contributed by atoms with Crippen molar-refractivity contribution in [1.29, 1.82) is 0 Å². The monoisotopic (exact) mass is 399 g/mol. The van der Waals surface area contributed by atoms with Crippen LogP contribution in [0.4, 0.5) is 0 Å². The van der Waals surface area contributed by atoms with Gasteiger partial charge in [-0.15, -0.1) is 0 Å².